The van der Waals surface area contributed by atoms with Crippen LogP contribution in [0, 0.1) is 5.92 Å². The van der Waals surface area contributed by atoms with Crippen LogP contribution in [0.15, 0.2) is 0 Å². The molecule has 0 amide bonds. The van der Waals surface area contributed by atoms with Crippen LogP contribution in [0.5, 0.6) is 0 Å². The smallest absolute Gasteiger partial charge is 0.0958 e. The summed E-state index contributed by atoms with van der Waals surface area (Å²) in [6.45, 7) is 12.5. The van der Waals surface area contributed by atoms with E-state index in [1.54, 1.807) is 0 Å². The number of ether oxygens (including phenoxy) is 1. The second-order valence-electron chi connectivity index (χ2n) is 6.51. The van der Waals surface area contributed by atoms with Crippen molar-refractivity contribution in [1.82, 2.24) is 0 Å². The minimum absolute atomic E-state index is 0.199. The van der Waals surface area contributed by atoms with Gasteiger partial charge in [0.15, 0.2) is 0 Å². The van der Waals surface area contributed by atoms with Gasteiger partial charge in [-0.1, -0.05) is 13.8 Å². The lowest BCUT2D eigenvalue weighted by molar-refractivity contribution is -0.129. The van der Waals surface area contributed by atoms with Gasteiger partial charge in [0.1, 0.15) is 0 Å². The van der Waals surface area contributed by atoms with E-state index in [0.717, 1.165) is 19.3 Å². The fourth-order valence-corrected chi connectivity index (χ4v) is 2.66. The first-order valence-electron chi connectivity index (χ1n) is 6.01. The molecule has 1 N–H and O–H groups in total. The maximum Gasteiger partial charge on any atom is 0.0958 e. The van der Waals surface area contributed by atoms with Gasteiger partial charge in [-0.05, 0) is 46.5 Å². The summed E-state index contributed by atoms with van der Waals surface area (Å²) in [5.74, 6) is 0.633. The van der Waals surface area contributed by atoms with Crippen molar-refractivity contribution in [1.29, 1.82) is 0 Å². The number of hydrogen-bond acceptors (Lipinski definition) is 2. The molecule has 90 valence electrons. The molecule has 0 radical (unpaired) electrons. The molecule has 0 spiro atoms. The van der Waals surface area contributed by atoms with Gasteiger partial charge in [0, 0.05) is 6.42 Å². The second kappa shape index (κ2) is 3.74. The molecule has 1 fully saturated rings. The molecule has 1 heterocycles. The van der Waals surface area contributed by atoms with Crippen molar-refractivity contribution in [2.24, 2.45) is 5.92 Å². The van der Waals surface area contributed by atoms with E-state index in [9.17, 15) is 5.11 Å². The highest BCUT2D eigenvalue weighted by molar-refractivity contribution is 5.05. The monoisotopic (exact) mass is 214 g/mol. The van der Waals surface area contributed by atoms with Gasteiger partial charge in [-0.15, -0.1) is 0 Å². The summed E-state index contributed by atoms with van der Waals surface area (Å²) in [6, 6.07) is 0. The highest BCUT2D eigenvalue weighted by Gasteiger charge is 2.55. The second-order valence-corrected chi connectivity index (χ2v) is 6.51. The van der Waals surface area contributed by atoms with Crippen molar-refractivity contribution in [3.8, 4) is 0 Å². The van der Waals surface area contributed by atoms with Crippen molar-refractivity contribution in [3.05, 3.63) is 0 Å². The maximum atomic E-state index is 10.7. The highest BCUT2D eigenvalue weighted by atomic mass is 16.5. The van der Waals surface area contributed by atoms with E-state index in [0.29, 0.717) is 5.92 Å². The molecule has 1 aliphatic heterocycles. The van der Waals surface area contributed by atoms with Gasteiger partial charge in [-0.2, -0.15) is 0 Å². The minimum Gasteiger partial charge on any atom is -0.387 e. The van der Waals surface area contributed by atoms with Crippen LogP contribution in [0.1, 0.15) is 60.8 Å². The molecule has 0 aromatic carbocycles. The van der Waals surface area contributed by atoms with Crippen LogP contribution in [-0.2, 0) is 4.74 Å². The van der Waals surface area contributed by atoms with Crippen molar-refractivity contribution in [2.75, 3.05) is 0 Å². The van der Waals surface area contributed by atoms with Crippen LogP contribution in [0.2, 0.25) is 0 Å². The summed E-state index contributed by atoms with van der Waals surface area (Å²) in [6.07, 6.45) is 2.63. The zero-order chi connectivity index (χ0) is 11.9. The molecule has 1 unspecified atom stereocenters. The third kappa shape index (κ3) is 2.73. The molecule has 0 aliphatic carbocycles. The molecule has 1 atom stereocenters. The van der Waals surface area contributed by atoms with Crippen LogP contribution in [0.4, 0.5) is 0 Å². The van der Waals surface area contributed by atoms with E-state index in [-0.39, 0.29) is 5.60 Å². The van der Waals surface area contributed by atoms with Crippen molar-refractivity contribution in [3.63, 3.8) is 0 Å². The van der Waals surface area contributed by atoms with Gasteiger partial charge in [-0.25, -0.2) is 0 Å². The Balaban J connectivity index is 2.74. The molecule has 1 saturated heterocycles. The molecule has 2 nitrogen and oxygen atoms in total. The average molecular weight is 214 g/mol. The molecular weight excluding hydrogens is 188 g/mol. The van der Waals surface area contributed by atoms with Crippen molar-refractivity contribution >= 4 is 0 Å². The van der Waals surface area contributed by atoms with Crippen LogP contribution < -0.4 is 0 Å². The average Bonchev–Trinajstić information content (AvgIpc) is 2.12. The standard InChI is InChI=1S/C13H26O2/c1-10(2)7-8-13(14)9-11(3,4)15-12(13,5)6/h10,14H,7-9H2,1-6H3. The minimum atomic E-state index is -0.666. The van der Waals surface area contributed by atoms with E-state index in [1.165, 1.54) is 0 Å². The summed E-state index contributed by atoms with van der Waals surface area (Å²) in [7, 11) is 0. The molecule has 1 aliphatic rings. The molecule has 1 rings (SSSR count). The van der Waals surface area contributed by atoms with Crippen LogP contribution in [-0.4, -0.2) is 21.9 Å². The molecule has 15 heavy (non-hydrogen) atoms. The Morgan fingerprint density at radius 3 is 2.07 bits per heavy atom. The zero-order valence-corrected chi connectivity index (χ0v) is 11.1. The maximum absolute atomic E-state index is 10.7. The van der Waals surface area contributed by atoms with Crippen LogP contribution in [0.3, 0.4) is 0 Å². The Hall–Kier alpha value is -0.0800. The SMILES string of the molecule is CC(C)CCC1(O)CC(C)(C)OC1(C)C. The van der Waals surface area contributed by atoms with E-state index in [1.807, 2.05) is 13.8 Å². The molecule has 0 aromatic heterocycles. The molecule has 0 bridgehead atoms. The lowest BCUT2D eigenvalue weighted by Gasteiger charge is -2.35. The summed E-state index contributed by atoms with van der Waals surface area (Å²) in [4.78, 5) is 0. The number of aliphatic hydroxyl groups is 1. The quantitative estimate of drug-likeness (QED) is 0.782. The molecule has 0 saturated carbocycles. The van der Waals surface area contributed by atoms with Gasteiger partial charge in [0.05, 0.1) is 16.8 Å². The summed E-state index contributed by atoms with van der Waals surface area (Å²) < 4.78 is 5.93. The summed E-state index contributed by atoms with van der Waals surface area (Å²) in [5.41, 5.74) is -1.29. The molecule has 0 aromatic rings. The third-order valence-electron chi connectivity index (χ3n) is 3.51. The first-order valence-corrected chi connectivity index (χ1v) is 6.01. The lowest BCUT2D eigenvalue weighted by atomic mass is 9.78. The Morgan fingerprint density at radius 2 is 1.73 bits per heavy atom. The molecule has 2 heteroatoms. The Morgan fingerprint density at radius 1 is 1.20 bits per heavy atom. The fourth-order valence-electron chi connectivity index (χ4n) is 2.66. The Labute approximate surface area is 94.0 Å². The van der Waals surface area contributed by atoms with E-state index in [4.69, 9.17) is 4.74 Å². The van der Waals surface area contributed by atoms with Crippen LogP contribution in [0.25, 0.3) is 0 Å². The zero-order valence-electron chi connectivity index (χ0n) is 11.1. The Bertz CT molecular complexity index is 231. The van der Waals surface area contributed by atoms with E-state index < -0.39 is 11.2 Å². The van der Waals surface area contributed by atoms with Gasteiger partial charge in [-0.3, -0.25) is 0 Å². The van der Waals surface area contributed by atoms with Gasteiger partial charge in [0.25, 0.3) is 0 Å². The predicted octanol–water partition coefficient (Wildman–Crippen LogP) is 3.13. The predicted molar refractivity (Wildman–Crippen MR) is 62.9 cm³/mol. The molecular formula is C13H26O2. The largest absolute Gasteiger partial charge is 0.387 e. The van der Waals surface area contributed by atoms with E-state index in [2.05, 4.69) is 27.7 Å². The first-order chi connectivity index (χ1) is 6.58. The van der Waals surface area contributed by atoms with Crippen LogP contribution >= 0.6 is 0 Å². The summed E-state index contributed by atoms with van der Waals surface area (Å²) >= 11 is 0. The van der Waals surface area contributed by atoms with Gasteiger partial charge >= 0.3 is 0 Å². The third-order valence-corrected chi connectivity index (χ3v) is 3.51. The normalized spacial score (nSPS) is 33.6. The van der Waals surface area contributed by atoms with Crippen molar-refractivity contribution in [2.45, 2.75) is 77.6 Å². The highest BCUT2D eigenvalue weighted by Crippen LogP contribution is 2.47. The number of hydrogen-bond donors (Lipinski definition) is 1. The Kier molecular flexibility index (Phi) is 3.24. The van der Waals surface area contributed by atoms with Gasteiger partial charge < -0.3 is 9.84 Å². The number of rotatable bonds is 3. The lowest BCUT2D eigenvalue weighted by Crippen LogP contribution is -2.46. The first kappa shape index (κ1) is 13.0. The summed E-state index contributed by atoms with van der Waals surface area (Å²) in [5, 5.41) is 10.7. The van der Waals surface area contributed by atoms with Crippen molar-refractivity contribution < 1.29 is 9.84 Å². The fraction of sp³-hybridized carbons (Fsp3) is 1.00. The topological polar surface area (TPSA) is 29.5 Å². The van der Waals surface area contributed by atoms with Gasteiger partial charge in [0.2, 0.25) is 0 Å². The van der Waals surface area contributed by atoms with E-state index >= 15 is 0 Å².